The van der Waals surface area contributed by atoms with Gasteiger partial charge < -0.3 is 18.9 Å². The molecule has 6 nitrogen and oxygen atoms in total. The van der Waals surface area contributed by atoms with Crippen molar-refractivity contribution in [3.63, 3.8) is 0 Å². The van der Waals surface area contributed by atoms with Crippen LogP contribution in [0.1, 0.15) is 139 Å². The molecule has 57 heavy (non-hydrogen) atoms. The number of esters is 2. The fourth-order valence-corrected chi connectivity index (χ4v) is 5.70. The summed E-state index contributed by atoms with van der Waals surface area (Å²) in [7, 11) is 0. The van der Waals surface area contributed by atoms with E-state index in [1.165, 1.54) is 22.3 Å². The molecule has 0 heterocycles. The fraction of sp³-hybridized carbons (Fsp3) is 0.469. The highest BCUT2D eigenvalue weighted by Gasteiger charge is 2.45. The lowest BCUT2D eigenvalue weighted by Crippen LogP contribution is -2.29. The number of hydrogen-bond acceptors (Lipinski definition) is 8. The molecule has 0 saturated heterocycles. The number of rotatable bonds is 12. The Morgan fingerprint density at radius 3 is 1.02 bits per heavy atom. The van der Waals surface area contributed by atoms with E-state index >= 15 is 0 Å². The number of hydrogen-bond donors (Lipinski definition) is 2. The molecule has 5 rings (SSSR count). The summed E-state index contributed by atoms with van der Waals surface area (Å²) in [6.45, 7) is 7.52. The summed E-state index contributed by atoms with van der Waals surface area (Å²) in [4.78, 5) is 24.0. The van der Waals surface area contributed by atoms with E-state index in [4.69, 9.17) is 18.9 Å². The summed E-state index contributed by atoms with van der Waals surface area (Å²) in [5.41, 5.74) is 6.36. The zero-order valence-corrected chi connectivity index (χ0v) is 27.7. The molecule has 4 aromatic rings. The lowest BCUT2D eigenvalue weighted by molar-refractivity contribution is -0.147. The number of carbonyl (C=O) groups is 2. The van der Waals surface area contributed by atoms with Crippen LogP contribution in [-0.2, 0) is 24.5 Å². The topological polar surface area (TPSA) is 71.1 Å². The number of thiol groups is 2. The van der Waals surface area contributed by atoms with Gasteiger partial charge in [-0.25, -0.2) is 0 Å². The minimum Gasteiger partial charge on any atom is -0.490 e. The van der Waals surface area contributed by atoms with Crippen molar-refractivity contribution in [1.29, 1.82) is 0 Å². The van der Waals surface area contributed by atoms with Crippen LogP contribution in [0.2, 0.25) is 0 Å². The van der Waals surface area contributed by atoms with Crippen LogP contribution < -0.4 is 9.47 Å². The van der Waals surface area contributed by atoms with Crippen LogP contribution >= 0.6 is 25.3 Å². The molecule has 1 aliphatic carbocycles. The third-order valence-electron chi connectivity index (χ3n) is 7.70. The second-order valence-corrected chi connectivity index (χ2v) is 14.2. The molecule has 330 valence electrons. The van der Waals surface area contributed by atoms with Gasteiger partial charge in [0, 0.05) is 0 Å². The molecule has 0 N–H and O–H groups in total. The lowest BCUT2D eigenvalue weighted by atomic mass is 9.68. The van der Waals surface area contributed by atoms with Crippen molar-refractivity contribution < 1.29 is 28.5 Å². The first-order chi connectivity index (χ1) is 21.4. The molecule has 1 aliphatic rings. The summed E-state index contributed by atoms with van der Waals surface area (Å²) >= 11 is 8.50. The highest BCUT2D eigenvalue weighted by atomic mass is 32.1. The Morgan fingerprint density at radius 1 is 0.456 bits per heavy atom. The van der Waals surface area contributed by atoms with E-state index in [1.807, 2.05) is 24.3 Å². The maximum atomic E-state index is 12.0. The standard InChI is InChI=1S/C37H38O6S2.12CH4/c1-35(2,44)33(38)42-23-21-40-27-17-13-25(14-18-27)37(31-11-7-5-9-29(31)30-10-6-8-12-32(30)37)26-15-19-28(20-16-26)41-22-24-43-34(39)36(3,4)45;;;;;;;;;;;;/h5-20,44-45H,21-24H2,1-4H3;12*1H4. The zero-order chi connectivity index (χ0) is 32.2. The predicted octanol–water partition coefficient (Wildman–Crippen LogP) is 14.9. The van der Waals surface area contributed by atoms with Gasteiger partial charge in [0.15, 0.2) is 0 Å². The van der Waals surface area contributed by atoms with Gasteiger partial charge in [0.1, 0.15) is 47.4 Å². The second-order valence-electron chi connectivity index (χ2n) is 12.0. The van der Waals surface area contributed by atoms with Gasteiger partial charge >= 0.3 is 11.9 Å². The molecule has 0 radical (unpaired) electrons. The third-order valence-corrected chi connectivity index (χ3v) is 8.06. The van der Waals surface area contributed by atoms with E-state index in [-0.39, 0.29) is 127 Å². The normalized spacial score (nSPS) is 10.6. The Balaban J connectivity index is -0.000000333. The summed E-state index contributed by atoms with van der Waals surface area (Å²) in [5.74, 6) is 0.589. The van der Waals surface area contributed by atoms with Crippen molar-refractivity contribution in [2.45, 2.75) is 132 Å². The highest BCUT2D eigenvalue weighted by Crippen LogP contribution is 2.56. The Morgan fingerprint density at radius 2 is 0.737 bits per heavy atom. The Bertz CT molecular complexity index is 1530. The molecular formula is C49H86O6S2. The minimum absolute atomic E-state index is 0. The first-order valence-corrected chi connectivity index (χ1v) is 15.8. The Hall–Kier alpha value is -3.88. The Kier molecular flexibility index (Phi) is 36.5. The van der Waals surface area contributed by atoms with Gasteiger partial charge in [0.2, 0.25) is 0 Å². The van der Waals surface area contributed by atoms with E-state index in [1.54, 1.807) is 27.7 Å². The molecule has 4 aromatic carbocycles. The van der Waals surface area contributed by atoms with Crippen LogP contribution in [0.25, 0.3) is 11.1 Å². The molecule has 0 unspecified atom stereocenters. The minimum atomic E-state index is -0.855. The predicted molar refractivity (Wildman–Crippen MR) is 264 cm³/mol. The molecule has 0 saturated carbocycles. The van der Waals surface area contributed by atoms with Crippen LogP contribution in [0.3, 0.4) is 0 Å². The summed E-state index contributed by atoms with van der Waals surface area (Å²) in [6, 6.07) is 33.2. The first kappa shape index (κ1) is 70.9. The van der Waals surface area contributed by atoms with Gasteiger partial charge in [-0.05, 0) is 85.3 Å². The Labute approximate surface area is 364 Å². The maximum absolute atomic E-state index is 12.0. The van der Waals surface area contributed by atoms with Crippen molar-refractivity contribution in [3.8, 4) is 22.6 Å². The van der Waals surface area contributed by atoms with Gasteiger partial charge in [-0.2, -0.15) is 25.3 Å². The monoisotopic (exact) mass is 835 g/mol. The lowest BCUT2D eigenvalue weighted by Gasteiger charge is -2.34. The van der Waals surface area contributed by atoms with Gasteiger partial charge in [-0.15, -0.1) is 0 Å². The summed E-state index contributed by atoms with van der Waals surface area (Å²) in [5, 5.41) is 0. The van der Waals surface area contributed by atoms with Crippen LogP contribution in [-0.4, -0.2) is 47.9 Å². The molecule has 0 bridgehead atoms. The average Bonchev–Trinajstić information content (AvgIpc) is 3.32. The molecule has 0 aliphatic heterocycles. The van der Waals surface area contributed by atoms with Crippen molar-refractivity contribution in [2.75, 3.05) is 26.4 Å². The van der Waals surface area contributed by atoms with Crippen molar-refractivity contribution in [1.82, 2.24) is 0 Å². The third kappa shape index (κ3) is 15.4. The number of fused-ring (bicyclic) bond motifs is 3. The number of benzene rings is 4. The van der Waals surface area contributed by atoms with Crippen LogP contribution in [0.15, 0.2) is 97.1 Å². The van der Waals surface area contributed by atoms with Crippen molar-refractivity contribution in [3.05, 3.63) is 119 Å². The second kappa shape index (κ2) is 29.4. The van der Waals surface area contributed by atoms with Crippen LogP contribution in [0.4, 0.5) is 0 Å². The highest BCUT2D eigenvalue weighted by molar-refractivity contribution is 7.82. The van der Waals surface area contributed by atoms with Gasteiger partial charge in [0.25, 0.3) is 0 Å². The van der Waals surface area contributed by atoms with Crippen molar-refractivity contribution in [2.24, 2.45) is 0 Å². The quantitative estimate of drug-likeness (QED) is 0.0741. The summed E-state index contributed by atoms with van der Waals surface area (Å²) < 4.78 is 20.7. The molecule has 0 amide bonds. The van der Waals surface area contributed by atoms with E-state index < -0.39 is 14.9 Å². The molecule has 0 atom stereocenters. The van der Waals surface area contributed by atoms with E-state index in [0.29, 0.717) is 11.5 Å². The number of carbonyl (C=O) groups excluding carboxylic acids is 2. The largest absolute Gasteiger partial charge is 0.490 e. The number of ether oxygens (including phenoxy) is 4. The smallest absolute Gasteiger partial charge is 0.321 e. The van der Waals surface area contributed by atoms with Crippen LogP contribution in [0, 0.1) is 0 Å². The summed E-state index contributed by atoms with van der Waals surface area (Å²) in [6.07, 6.45) is 0. The van der Waals surface area contributed by atoms with E-state index in [0.717, 1.165) is 11.1 Å². The van der Waals surface area contributed by atoms with E-state index in [9.17, 15) is 9.59 Å². The molecule has 0 fully saturated rings. The van der Waals surface area contributed by atoms with Gasteiger partial charge in [-0.1, -0.05) is 162 Å². The molecular weight excluding hydrogens is 749 g/mol. The maximum Gasteiger partial charge on any atom is 0.321 e. The van der Waals surface area contributed by atoms with Gasteiger partial charge in [-0.3, -0.25) is 9.59 Å². The average molecular weight is 835 g/mol. The van der Waals surface area contributed by atoms with Gasteiger partial charge in [0.05, 0.1) is 5.41 Å². The zero-order valence-electron chi connectivity index (χ0n) is 25.9. The fourth-order valence-electron chi connectivity index (χ4n) is 5.57. The first-order valence-electron chi connectivity index (χ1n) is 14.9. The molecule has 8 heteroatoms. The molecule has 0 aromatic heterocycles. The van der Waals surface area contributed by atoms with Crippen molar-refractivity contribution >= 4 is 37.2 Å². The van der Waals surface area contributed by atoms with Crippen LogP contribution in [0.5, 0.6) is 11.5 Å². The SMILES string of the molecule is C.C.C.C.C.C.C.C.C.C.C.C.CC(C)(S)C(=O)OCCOc1ccc(C2(c3ccc(OCCOC(=O)C(C)(C)S)cc3)c3ccccc3-c3ccccc32)cc1. The van der Waals surface area contributed by atoms with E-state index in [2.05, 4.69) is 98.1 Å². The molecule has 0 spiro atoms.